The lowest BCUT2D eigenvalue weighted by Gasteiger charge is -2.25. The molecule has 0 aliphatic rings. The Bertz CT molecular complexity index is 671. The molecule has 0 bridgehead atoms. The molecule has 2 aromatic rings. The summed E-state index contributed by atoms with van der Waals surface area (Å²) in [6, 6.07) is 17.2. The number of anilines is 1. The summed E-state index contributed by atoms with van der Waals surface area (Å²) in [6.07, 6.45) is 0. The molecule has 0 aromatic heterocycles. The van der Waals surface area contributed by atoms with Crippen LogP contribution in [0.2, 0.25) is 0 Å². The predicted octanol–water partition coefficient (Wildman–Crippen LogP) is 4.07. The molecule has 0 atom stereocenters. The summed E-state index contributed by atoms with van der Waals surface area (Å²) < 4.78 is 5.94. The van der Waals surface area contributed by atoms with Crippen molar-refractivity contribution in [2.45, 2.75) is 19.3 Å². The zero-order chi connectivity index (χ0) is 17.6. The Morgan fingerprint density at radius 2 is 1.83 bits per heavy atom. The smallest absolute Gasteiger partial charge is 0.345 e. The second kappa shape index (κ2) is 7.84. The molecule has 2 aromatic carbocycles. The van der Waals surface area contributed by atoms with E-state index >= 15 is 0 Å². The Morgan fingerprint density at radius 1 is 1.12 bits per heavy atom. The first-order valence-corrected chi connectivity index (χ1v) is 7.79. The van der Waals surface area contributed by atoms with Crippen LogP contribution >= 0.6 is 0 Å². The minimum atomic E-state index is -0.348. The van der Waals surface area contributed by atoms with Crippen LogP contribution in [0, 0.1) is 0 Å². The maximum Gasteiger partial charge on any atom is 0.345 e. The SMILES string of the molecule is CON(C)C(=O)Nc1cccc(OCC(C)(C)c2ccccc2)c1. The van der Waals surface area contributed by atoms with Crippen molar-refractivity contribution in [3.8, 4) is 5.75 Å². The van der Waals surface area contributed by atoms with Crippen molar-refractivity contribution in [2.75, 3.05) is 26.1 Å². The Morgan fingerprint density at radius 3 is 2.50 bits per heavy atom. The molecule has 128 valence electrons. The molecule has 0 radical (unpaired) electrons. The van der Waals surface area contributed by atoms with Crippen LogP contribution < -0.4 is 10.1 Å². The fraction of sp³-hybridized carbons (Fsp3) is 0.316. The van der Waals surface area contributed by atoms with Crippen molar-refractivity contribution in [1.82, 2.24) is 5.06 Å². The fourth-order valence-electron chi connectivity index (χ4n) is 2.19. The molecule has 0 saturated heterocycles. The number of nitrogens with zero attached hydrogens (tertiary/aromatic N) is 1. The average molecular weight is 328 g/mol. The Labute approximate surface area is 143 Å². The maximum absolute atomic E-state index is 11.8. The van der Waals surface area contributed by atoms with Gasteiger partial charge in [0.05, 0.1) is 13.7 Å². The van der Waals surface area contributed by atoms with Gasteiger partial charge in [0.15, 0.2) is 0 Å². The van der Waals surface area contributed by atoms with E-state index in [-0.39, 0.29) is 11.4 Å². The number of hydrogen-bond acceptors (Lipinski definition) is 3. The molecule has 5 nitrogen and oxygen atoms in total. The molecule has 0 fully saturated rings. The summed E-state index contributed by atoms with van der Waals surface area (Å²) in [5.74, 6) is 0.705. The van der Waals surface area contributed by atoms with Gasteiger partial charge in [-0.05, 0) is 17.7 Å². The first-order valence-electron chi connectivity index (χ1n) is 7.79. The summed E-state index contributed by atoms with van der Waals surface area (Å²) in [6.45, 7) is 4.81. The third-order valence-electron chi connectivity index (χ3n) is 3.80. The number of benzene rings is 2. The topological polar surface area (TPSA) is 50.8 Å². The molecule has 0 saturated carbocycles. The molecule has 0 heterocycles. The lowest BCUT2D eigenvalue weighted by atomic mass is 9.86. The molecule has 5 heteroatoms. The number of nitrogens with one attached hydrogen (secondary N) is 1. The number of rotatable bonds is 6. The molecule has 0 aliphatic heterocycles. The van der Waals surface area contributed by atoms with E-state index in [1.807, 2.05) is 30.3 Å². The minimum Gasteiger partial charge on any atom is -0.493 e. The molecular weight excluding hydrogens is 304 g/mol. The molecule has 2 rings (SSSR count). The van der Waals surface area contributed by atoms with Crippen LogP contribution in [0.1, 0.15) is 19.4 Å². The second-order valence-corrected chi connectivity index (χ2v) is 6.18. The second-order valence-electron chi connectivity index (χ2n) is 6.18. The van der Waals surface area contributed by atoms with E-state index in [1.54, 1.807) is 12.1 Å². The summed E-state index contributed by atoms with van der Waals surface area (Å²) in [5.41, 5.74) is 1.76. The largest absolute Gasteiger partial charge is 0.493 e. The van der Waals surface area contributed by atoms with Crippen molar-refractivity contribution in [2.24, 2.45) is 0 Å². The first kappa shape index (κ1) is 17.8. The lowest BCUT2D eigenvalue weighted by Crippen LogP contribution is -2.30. The maximum atomic E-state index is 11.8. The molecule has 2 amide bonds. The first-order chi connectivity index (χ1) is 11.4. The van der Waals surface area contributed by atoms with Crippen molar-refractivity contribution in [3.05, 3.63) is 60.2 Å². The van der Waals surface area contributed by atoms with Crippen LogP contribution in [0.4, 0.5) is 10.5 Å². The van der Waals surface area contributed by atoms with E-state index in [0.717, 1.165) is 5.06 Å². The number of ether oxygens (including phenoxy) is 1. The van der Waals surface area contributed by atoms with E-state index < -0.39 is 0 Å². The van der Waals surface area contributed by atoms with Gasteiger partial charge in [-0.25, -0.2) is 9.86 Å². The van der Waals surface area contributed by atoms with Crippen LogP contribution in [0.5, 0.6) is 5.75 Å². The van der Waals surface area contributed by atoms with Crippen LogP contribution in [0.25, 0.3) is 0 Å². The summed E-state index contributed by atoms with van der Waals surface area (Å²) in [7, 11) is 2.98. The normalized spacial score (nSPS) is 11.0. The van der Waals surface area contributed by atoms with Gasteiger partial charge in [0.25, 0.3) is 0 Å². The zero-order valence-electron chi connectivity index (χ0n) is 14.6. The molecule has 0 spiro atoms. The highest BCUT2D eigenvalue weighted by Gasteiger charge is 2.21. The number of carbonyl (C=O) groups excluding carboxylic acids is 1. The molecule has 1 N–H and O–H groups in total. The van der Waals surface area contributed by atoms with E-state index in [1.165, 1.54) is 19.7 Å². The monoisotopic (exact) mass is 328 g/mol. The Hall–Kier alpha value is -2.53. The molecule has 0 aliphatic carbocycles. The highest BCUT2D eigenvalue weighted by Crippen LogP contribution is 2.25. The fourth-order valence-corrected chi connectivity index (χ4v) is 2.19. The number of urea groups is 1. The van der Waals surface area contributed by atoms with Gasteiger partial charge in [-0.2, -0.15) is 0 Å². The van der Waals surface area contributed by atoms with Crippen molar-refractivity contribution < 1.29 is 14.4 Å². The summed E-state index contributed by atoms with van der Waals surface area (Å²) >= 11 is 0. The minimum absolute atomic E-state index is 0.114. The molecular formula is C19H24N2O3. The van der Waals surface area contributed by atoms with Crippen LogP contribution in [-0.4, -0.2) is 31.9 Å². The van der Waals surface area contributed by atoms with E-state index in [2.05, 4.69) is 31.3 Å². The number of amides is 2. The van der Waals surface area contributed by atoms with E-state index in [0.29, 0.717) is 18.0 Å². The van der Waals surface area contributed by atoms with Gasteiger partial charge in [0.2, 0.25) is 0 Å². The Kier molecular flexibility index (Phi) is 5.82. The summed E-state index contributed by atoms with van der Waals surface area (Å²) in [5, 5.41) is 3.86. The van der Waals surface area contributed by atoms with Crippen LogP contribution in [0.15, 0.2) is 54.6 Å². The lowest BCUT2D eigenvalue weighted by molar-refractivity contribution is -0.0598. The van der Waals surface area contributed by atoms with Gasteiger partial charge in [-0.1, -0.05) is 50.2 Å². The third kappa shape index (κ3) is 4.73. The number of hydroxylamine groups is 2. The van der Waals surface area contributed by atoms with Crippen molar-refractivity contribution >= 4 is 11.7 Å². The van der Waals surface area contributed by atoms with Gasteiger partial charge in [-0.15, -0.1) is 0 Å². The Balaban J connectivity index is 2.01. The van der Waals surface area contributed by atoms with E-state index in [9.17, 15) is 4.79 Å². The molecule has 24 heavy (non-hydrogen) atoms. The highest BCUT2D eigenvalue weighted by atomic mass is 16.7. The number of carbonyl (C=O) groups is 1. The third-order valence-corrected chi connectivity index (χ3v) is 3.80. The van der Waals surface area contributed by atoms with E-state index in [4.69, 9.17) is 9.57 Å². The van der Waals surface area contributed by atoms with Crippen LogP contribution in [0.3, 0.4) is 0 Å². The van der Waals surface area contributed by atoms with Gasteiger partial charge in [0.1, 0.15) is 5.75 Å². The van der Waals surface area contributed by atoms with Crippen LogP contribution in [-0.2, 0) is 10.3 Å². The van der Waals surface area contributed by atoms with Crippen molar-refractivity contribution in [1.29, 1.82) is 0 Å². The molecule has 0 unspecified atom stereocenters. The average Bonchev–Trinajstić information content (AvgIpc) is 2.60. The predicted molar refractivity (Wildman–Crippen MR) is 95.2 cm³/mol. The zero-order valence-corrected chi connectivity index (χ0v) is 14.6. The van der Waals surface area contributed by atoms with Crippen molar-refractivity contribution in [3.63, 3.8) is 0 Å². The van der Waals surface area contributed by atoms with Gasteiger partial charge < -0.3 is 10.1 Å². The summed E-state index contributed by atoms with van der Waals surface area (Å²) in [4.78, 5) is 16.7. The van der Waals surface area contributed by atoms with Gasteiger partial charge in [-0.3, -0.25) is 4.84 Å². The number of hydrogen-bond donors (Lipinski definition) is 1. The quantitative estimate of drug-likeness (QED) is 0.813. The van der Waals surface area contributed by atoms with Gasteiger partial charge in [0, 0.05) is 24.2 Å². The highest BCUT2D eigenvalue weighted by molar-refractivity contribution is 5.88. The standard InChI is InChI=1S/C19H24N2O3/c1-19(2,15-9-6-5-7-10-15)14-24-17-12-8-11-16(13-17)20-18(22)21(3)23-4/h5-13H,14H2,1-4H3,(H,20,22). The van der Waals surface area contributed by atoms with Gasteiger partial charge >= 0.3 is 6.03 Å².